The summed E-state index contributed by atoms with van der Waals surface area (Å²) in [5.41, 5.74) is 0. The first-order valence-electron chi connectivity index (χ1n) is 4.85. The number of rotatable bonds is 3. The van der Waals surface area contributed by atoms with E-state index >= 15 is 0 Å². The number of hydrogen-bond acceptors (Lipinski definition) is 3. The summed E-state index contributed by atoms with van der Waals surface area (Å²) >= 11 is 0. The maximum Gasteiger partial charge on any atom is 0.0732 e. The molecule has 3 rings (SSSR count). The molecule has 70 valence electrons. The summed E-state index contributed by atoms with van der Waals surface area (Å²) in [6.45, 7) is 4.26. The Labute approximate surface area is 73.3 Å². The Morgan fingerprint density at radius 3 is 2.58 bits per heavy atom. The molecule has 3 saturated heterocycles. The molecule has 3 aliphatic heterocycles. The van der Waals surface area contributed by atoms with E-state index in [9.17, 15) is 0 Å². The average molecular weight is 171 g/mol. The van der Waals surface area contributed by atoms with E-state index in [1.807, 2.05) is 0 Å². The minimum Gasteiger partial charge on any atom is -0.394 e. The van der Waals surface area contributed by atoms with Gasteiger partial charge in [-0.2, -0.15) is 0 Å². The molecule has 0 spiro atoms. The summed E-state index contributed by atoms with van der Waals surface area (Å²) in [6.07, 6.45) is 2.98. The lowest BCUT2D eigenvalue weighted by Gasteiger charge is -2.44. The maximum absolute atomic E-state index is 8.63. The van der Waals surface area contributed by atoms with Crippen LogP contribution in [0.15, 0.2) is 0 Å². The van der Waals surface area contributed by atoms with Gasteiger partial charge in [-0.3, -0.25) is 0 Å². The van der Waals surface area contributed by atoms with Gasteiger partial charge < -0.3 is 14.7 Å². The SMILES string of the molecule is OCCO[C@@H]1CN2CCC1CC2. The number of aliphatic hydroxyl groups excluding tert-OH is 1. The summed E-state index contributed by atoms with van der Waals surface area (Å²) in [5.74, 6) is 0.765. The van der Waals surface area contributed by atoms with E-state index in [0.29, 0.717) is 12.7 Å². The molecule has 3 heteroatoms. The van der Waals surface area contributed by atoms with Crippen LogP contribution < -0.4 is 0 Å². The predicted molar refractivity (Wildman–Crippen MR) is 46.0 cm³/mol. The van der Waals surface area contributed by atoms with Gasteiger partial charge in [-0.05, 0) is 31.8 Å². The first-order valence-corrected chi connectivity index (χ1v) is 4.85. The Balaban J connectivity index is 1.82. The van der Waals surface area contributed by atoms with Crippen molar-refractivity contribution in [2.75, 3.05) is 32.8 Å². The fraction of sp³-hybridized carbons (Fsp3) is 1.00. The zero-order chi connectivity index (χ0) is 8.39. The van der Waals surface area contributed by atoms with Crippen molar-refractivity contribution in [3.63, 3.8) is 0 Å². The van der Waals surface area contributed by atoms with E-state index in [1.54, 1.807) is 0 Å². The van der Waals surface area contributed by atoms with Gasteiger partial charge in [-0.15, -0.1) is 0 Å². The largest absolute Gasteiger partial charge is 0.394 e. The van der Waals surface area contributed by atoms with Crippen LogP contribution in [0.1, 0.15) is 12.8 Å². The Bertz CT molecular complexity index is 143. The van der Waals surface area contributed by atoms with Crippen molar-refractivity contribution in [2.45, 2.75) is 18.9 Å². The summed E-state index contributed by atoms with van der Waals surface area (Å²) in [5, 5.41) is 8.63. The average Bonchev–Trinajstić information content (AvgIpc) is 2.17. The lowest BCUT2D eigenvalue weighted by Crippen LogP contribution is -2.51. The highest BCUT2D eigenvalue weighted by atomic mass is 16.5. The Hall–Kier alpha value is -0.120. The highest BCUT2D eigenvalue weighted by Crippen LogP contribution is 2.29. The summed E-state index contributed by atoms with van der Waals surface area (Å²) in [4.78, 5) is 2.46. The summed E-state index contributed by atoms with van der Waals surface area (Å²) < 4.78 is 5.57. The Morgan fingerprint density at radius 2 is 2.08 bits per heavy atom. The van der Waals surface area contributed by atoms with E-state index in [1.165, 1.54) is 25.9 Å². The van der Waals surface area contributed by atoms with Crippen LogP contribution in [0.25, 0.3) is 0 Å². The van der Waals surface area contributed by atoms with Crippen molar-refractivity contribution in [1.82, 2.24) is 4.90 Å². The van der Waals surface area contributed by atoms with Crippen molar-refractivity contribution in [3.8, 4) is 0 Å². The van der Waals surface area contributed by atoms with Gasteiger partial charge in [0.2, 0.25) is 0 Å². The van der Waals surface area contributed by atoms with Gasteiger partial charge >= 0.3 is 0 Å². The molecule has 0 aromatic carbocycles. The van der Waals surface area contributed by atoms with Gasteiger partial charge in [0.15, 0.2) is 0 Å². The second-order valence-corrected chi connectivity index (χ2v) is 3.77. The number of ether oxygens (including phenoxy) is 1. The second kappa shape index (κ2) is 3.73. The molecule has 12 heavy (non-hydrogen) atoms. The van der Waals surface area contributed by atoms with Gasteiger partial charge in [0, 0.05) is 6.54 Å². The zero-order valence-corrected chi connectivity index (χ0v) is 7.41. The minimum atomic E-state index is 0.156. The molecular weight excluding hydrogens is 154 g/mol. The molecular formula is C9H17NO2. The minimum absolute atomic E-state index is 0.156. The summed E-state index contributed by atoms with van der Waals surface area (Å²) in [6, 6.07) is 0. The van der Waals surface area contributed by atoms with Crippen molar-refractivity contribution >= 4 is 0 Å². The highest BCUT2D eigenvalue weighted by molar-refractivity contribution is 4.87. The predicted octanol–water partition coefficient (Wildman–Crippen LogP) is 0.0895. The number of fused-ring (bicyclic) bond motifs is 3. The van der Waals surface area contributed by atoms with Gasteiger partial charge in [0.05, 0.1) is 19.3 Å². The first kappa shape index (κ1) is 8.48. The molecule has 3 aliphatic rings. The molecule has 0 saturated carbocycles. The van der Waals surface area contributed by atoms with Gasteiger partial charge in [0.25, 0.3) is 0 Å². The van der Waals surface area contributed by atoms with Crippen molar-refractivity contribution < 1.29 is 9.84 Å². The van der Waals surface area contributed by atoms with Crippen molar-refractivity contribution in [1.29, 1.82) is 0 Å². The fourth-order valence-corrected chi connectivity index (χ4v) is 2.30. The van der Waals surface area contributed by atoms with Crippen LogP contribution in [0.4, 0.5) is 0 Å². The van der Waals surface area contributed by atoms with E-state index < -0.39 is 0 Å². The van der Waals surface area contributed by atoms with E-state index in [0.717, 1.165) is 12.5 Å². The number of nitrogens with zero attached hydrogens (tertiary/aromatic N) is 1. The van der Waals surface area contributed by atoms with Crippen LogP contribution in [0.5, 0.6) is 0 Å². The zero-order valence-electron chi connectivity index (χ0n) is 7.41. The van der Waals surface area contributed by atoms with Crippen LogP contribution in [0.2, 0.25) is 0 Å². The van der Waals surface area contributed by atoms with Crippen LogP contribution >= 0.6 is 0 Å². The fourth-order valence-electron chi connectivity index (χ4n) is 2.30. The summed E-state index contributed by atoms with van der Waals surface area (Å²) in [7, 11) is 0. The van der Waals surface area contributed by atoms with Gasteiger partial charge in [-0.25, -0.2) is 0 Å². The Morgan fingerprint density at radius 1 is 1.33 bits per heavy atom. The molecule has 2 bridgehead atoms. The number of aliphatic hydroxyl groups is 1. The molecule has 1 atom stereocenters. The molecule has 3 heterocycles. The first-order chi connectivity index (χ1) is 5.90. The van der Waals surface area contributed by atoms with Crippen molar-refractivity contribution in [3.05, 3.63) is 0 Å². The molecule has 3 fully saturated rings. The third-order valence-electron chi connectivity index (χ3n) is 3.02. The lowest BCUT2D eigenvalue weighted by molar-refractivity contribution is -0.0766. The van der Waals surface area contributed by atoms with E-state index in [-0.39, 0.29) is 6.61 Å². The van der Waals surface area contributed by atoms with Crippen LogP contribution in [-0.4, -0.2) is 49.0 Å². The smallest absolute Gasteiger partial charge is 0.0732 e. The second-order valence-electron chi connectivity index (χ2n) is 3.77. The lowest BCUT2D eigenvalue weighted by atomic mass is 9.86. The van der Waals surface area contributed by atoms with Crippen LogP contribution in [0.3, 0.4) is 0 Å². The normalized spacial score (nSPS) is 40.2. The third-order valence-corrected chi connectivity index (χ3v) is 3.02. The Kier molecular flexibility index (Phi) is 2.63. The van der Waals surface area contributed by atoms with E-state index in [4.69, 9.17) is 9.84 Å². The molecule has 0 amide bonds. The maximum atomic E-state index is 8.63. The number of piperidine rings is 3. The van der Waals surface area contributed by atoms with Crippen LogP contribution in [-0.2, 0) is 4.74 Å². The van der Waals surface area contributed by atoms with E-state index in [2.05, 4.69) is 4.90 Å². The quantitative estimate of drug-likeness (QED) is 0.653. The molecule has 0 aromatic heterocycles. The van der Waals surface area contributed by atoms with Gasteiger partial charge in [-0.1, -0.05) is 0 Å². The highest BCUT2D eigenvalue weighted by Gasteiger charge is 2.34. The molecule has 3 nitrogen and oxygen atoms in total. The number of hydrogen-bond donors (Lipinski definition) is 1. The third kappa shape index (κ3) is 1.63. The van der Waals surface area contributed by atoms with Crippen LogP contribution in [0, 0.1) is 5.92 Å². The molecule has 0 radical (unpaired) electrons. The standard InChI is InChI=1S/C9H17NO2/c11-5-6-12-9-7-10-3-1-8(9)2-4-10/h8-9,11H,1-7H2/t9-/m1/s1. The topological polar surface area (TPSA) is 32.7 Å². The monoisotopic (exact) mass is 171 g/mol. The van der Waals surface area contributed by atoms with Gasteiger partial charge in [0.1, 0.15) is 0 Å². The molecule has 0 aromatic rings. The molecule has 1 N–H and O–H groups in total. The molecule has 0 unspecified atom stereocenters. The molecule has 0 aliphatic carbocycles. The van der Waals surface area contributed by atoms with Crippen molar-refractivity contribution in [2.24, 2.45) is 5.92 Å².